The van der Waals surface area contributed by atoms with Crippen molar-refractivity contribution in [2.75, 3.05) is 11.3 Å². The predicted octanol–water partition coefficient (Wildman–Crippen LogP) is 4.45. The number of sulfonamides is 1. The Bertz CT molecular complexity index is 753. The summed E-state index contributed by atoms with van der Waals surface area (Å²) in [4.78, 5) is 0.192. The summed E-state index contributed by atoms with van der Waals surface area (Å²) >= 11 is 0. The molecule has 0 aliphatic heterocycles. The highest BCUT2D eigenvalue weighted by Gasteiger charge is 2.14. The summed E-state index contributed by atoms with van der Waals surface area (Å²) in [5.41, 5.74) is 0.486. The van der Waals surface area contributed by atoms with Crippen LogP contribution in [0, 0.1) is 0 Å². The molecule has 0 unspecified atom stereocenters. The summed E-state index contributed by atoms with van der Waals surface area (Å²) < 4.78 is 38.6. The number of benzene rings is 2. The van der Waals surface area contributed by atoms with E-state index in [4.69, 9.17) is 9.47 Å². The lowest BCUT2D eigenvalue weighted by Crippen LogP contribution is -2.13. The lowest BCUT2D eigenvalue weighted by molar-refractivity contribution is 0.242. The topological polar surface area (TPSA) is 64.6 Å². The molecule has 0 atom stereocenters. The first-order valence-corrected chi connectivity index (χ1v) is 9.91. The third kappa shape index (κ3) is 5.98. The van der Waals surface area contributed by atoms with Gasteiger partial charge in [-0.05, 0) is 68.8 Å². The molecule has 5 nitrogen and oxygen atoms in total. The Morgan fingerprint density at radius 2 is 1.56 bits per heavy atom. The molecule has 0 aliphatic carbocycles. The molecule has 0 aromatic heterocycles. The number of rotatable bonds is 9. The van der Waals surface area contributed by atoms with Crippen LogP contribution in [-0.2, 0) is 10.0 Å². The molecule has 0 saturated heterocycles. The fourth-order valence-corrected chi connectivity index (χ4v) is 3.20. The van der Waals surface area contributed by atoms with E-state index in [0.29, 0.717) is 23.8 Å². The van der Waals surface area contributed by atoms with Gasteiger partial charge in [-0.25, -0.2) is 8.42 Å². The predicted molar refractivity (Wildman–Crippen MR) is 99.9 cm³/mol. The van der Waals surface area contributed by atoms with Gasteiger partial charge in [0, 0.05) is 5.69 Å². The maximum Gasteiger partial charge on any atom is 0.261 e. The molecule has 0 saturated carbocycles. The van der Waals surface area contributed by atoms with Gasteiger partial charge >= 0.3 is 0 Å². The van der Waals surface area contributed by atoms with Gasteiger partial charge in [0.05, 0.1) is 17.6 Å². The van der Waals surface area contributed by atoms with Crippen molar-refractivity contribution in [1.82, 2.24) is 0 Å². The molecule has 0 aliphatic rings. The summed E-state index contributed by atoms with van der Waals surface area (Å²) in [5, 5.41) is 0. The molecule has 0 radical (unpaired) electrons. The van der Waals surface area contributed by atoms with E-state index in [2.05, 4.69) is 11.6 Å². The number of nitrogens with one attached hydrogen (secondary N) is 1. The van der Waals surface area contributed by atoms with Crippen LogP contribution >= 0.6 is 0 Å². The van der Waals surface area contributed by atoms with E-state index < -0.39 is 10.0 Å². The standard InChI is InChI=1S/C19H25NO4S/c1-4-5-14-23-17-10-12-19(13-11-17)25(21,22)20-16-6-8-18(9-7-16)24-15(2)3/h6-13,15,20H,4-5,14H2,1-3H3. The van der Waals surface area contributed by atoms with Crippen LogP contribution in [0.3, 0.4) is 0 Å². The van der Waals surface area contributed by atoms with E-state index >= 15 is 0 Å². The van der Waals surface area contributed by atoms with Crippen LogP contribution in [0.1, 0.15) is 33.6 Å². The number of anilines is 1. The lowest BCUT2D eigenvalue weighted by atomic mass is 10.3. The molecule has 0 bridgehead atoms. The van der Waals surface area contributed by atoms with Crippen LogP contribution in [0.15, 0.2) is 53.4 Å². The smallest absolute Gasteiger partial charge is 0.261 e. The Kier molecular flexibility index (Phi) is 6.70. The largest absolute Gasteiger partial charge is 0.494 e. The highest BCUT2D eigenvalue weighted by Crippen LogP contribution is 2.22. The van der Waals surface area contributed by atoms with Crippen molar-refractivity contribution in [3.05, 3.63) is 48.5 Å². The highest BCUT2D eigenvalue weighted by molar-refractivity contribution is 7.92. The zero-order valence-corrected chi connectivity index (χ0v) is 15.7. The zero-order chi connectivity index (χ0) is 18.3. The van der Waals surface area contributed by atoms with E-state index in [-0.39, 0.29) is 11.0 Å². The number of hydrogen-bond donors (Lipinski definition) is 1. The minimum Gasteiger partial charge on any atom is -0.494 e. The Balaban J connectivity index is 2.03. The van der Waals surface area contributed by atoms with E-state index in [9.17, 15) is 8.42 Å². The normalized spacial score (nSPS) is 11.4. The Morgan fingerprint density at radius 3 is 2.12 bits per heavy atom. The van der Waals surface area contributed by atoms with Crippen LogP contribution in [0.2, 0.25) is 0 Å². The molecule has 0 amide bonds. The van der Waals surface area contributed by atoms with Gasteiger partial charge in [0.2, 0.25) is 0 Å². The molecule has 2 rings (SSSR count). The van der Waals surface area contributed by atoms with Crippen LogP contribution in [0.4, 0.5) is 5.69 Å². The molecular weight excluding hydrogens is 338 g/mol. The second kappa shape index (κ2) is 8.76. The molecule has 1 N–H and O–H groups in total. The molecule has 2 aromatic carbocycles. The zero-order valence-electron chi connectivity index (χ0n) is 14.9. The summed E-state index contributed by atoms with van der Waals surface area (Å²) in [6.07, 6.45) is 2.09. The molecule has 0 heterocycles. The molecular formula is C19H25NO4S. The minimum absolute atomic E-state index is 0.0700. The van der Waals surface area contributed by atoms with Gasteiger partial charge in [-0.2, -0.15) is 0 Å². The van der Waals surface area contributed by atoms with Gasteiger partial charge in [0.25, 0.3) is 10.0 Å². The number of unbranched alkanes of at least 4 members (excludes halogenated alkanes) is 1. The van der Waals surface area contributed by atoms with E-state index in [0.717, 1.165) is 12.8 Å². The van der Waals surface area contributed by atoms with Gasteiger partial charge < -0.3 is 9.47 Å². The summed E-state index contributed by atoms with van der Waals surface area (Å²) in [7, 11) is -3.64. The van der Waals surface area contributed by atoms with Gasteiger partial charge in [-0.3, -0.25) is 4.72 Å². The van der Waals surface area contributed by atoms with Crippen molar-refractivity contribution in [3.63, 3.8) is 0 Å². The molecule has 0 fully saturated rings. The van der Waals surface area contributed by atoms with Gasteiger partial charge in [0.1, 0.15) is 11.5 Å². The minimum atomic E-state index is -3.64. The quantitative estimate of drug-likeness (QED) is 0.668. The Labute approximate surface area is 150 Å². The molecule has 6 heteroatoms. The van der Waals surface area contributed by atoms with Gasteiger partial charge in [-0.1, -0.05) is 13.3 Å². The second-order valence-electron chi connectivity index (χ2n) is 5.97. The van der Waals surface area contributed by atoms with E-state index in [1.54, 1.807) is 48.5 Å². The number of hydrogen-bond acceptors (Lipinski definition) is 4. The average Bonchev–Trinajstić information content (AvgIpc) is 2.57. The van der Waals surface area contributed by atoms with Gasteiger partial charge in [0.15, 0.2) is 0 Å². The third-order valence-corrected chi connectivity index (χ3v) is 4.78. The van der Waals surface area contributed by atoms with Crippen molar-refractivity contribution in [1.29, 1.82) is 0 Å². The van der Waals surface area contributed by atoms with Crippen LogP contribution < -0.4 is 14.2 Å². The number of ether oxygens (including phenoxy) is 2. The van der Waals surface area contributed by atoms with Crippen molar-refractivity contribution < 1.29 is 17.9 Å². The van der Waals surface area contributed by atoms with Crippen molar-refractivity contribution in [2.45, 2.75) is 44.6 Å². The van der Waals surface area contributed by atoms with Crippen molar-refractivity contribution in [3.8, 4) is 11.5 Å². The molecule has 136 valence electrons. The fraction of sp³-hybridized carbons (Fsp3) is 0.368. The second-order valence-corrected chi connectivity index (χ2v) is 7.65. The van der Waals surface area contributed by atoms with E-state index in [1.807, 2.05) is 13.8 Å². The van der Waals surface area contributed by atoms with Crippen LogP contribution in [-0.4, -0.2) is 21.1 Å². The molecule has 2 aromatic rings. The van der Waals surface area contributed by atoms with Crippen molar-refractivity contribution in [2.24, 2.45) is 0 Å². The van der Waals surface area contributed by atoms with Crippen molar-refractivity contribution >= 4 is 15.7 Å². The first kappa shape index (κ1) is 19.1. The summed E-state index contributed by atoms with van der Waals surface area (Å²) in [6.45, 7) is 6.59. The highest BCUT2D eigenvalue weighted by atomic mass is 32.2. The average molecular weight is 363 g/mol. The van der Waals surface area contributed by atoms with Crippen LogP contribution in [0.25, 0.3) is 0 Å². The monoisotopic (exact) mass is 363 g/mol. The maximum absolute atomic E-state index is 12.5. The Hall–Kier alpha value is -2.21. The van der Waals surface area contributed by atoms with Crippen LogP contribution in [0.5, 0.6) is 11.5 Å². The summed E-state index contributed by atoms with van der Waals surface area (Å²) in [5.74, 6) is 1.37. The summed E-state index contributed by atoms with van der Waals surface area (Å²) in [6, 6.07) is 13.3. The lowest BCUT2D eigenvalue weighted by Gasteiger charge is -2.12. The Morgan fingerprint density at radius 1 is 0.960 bits per heavy atom. The maximum atomic E-state index is 12.5. The first-order chi connectivity index (χ1) is 11.9. The third-order valence-electron chi connectivity index (χ3n) is 3.38. The fourth-order valence-electron chi connectivity index (χ4n) is 2.14. The van der Waals surface area contributed by atoms with E-state index in [1.165, 1.54) is 0 Å². The van der Waals surface area contributed by atoms with Gasteiger partial charge in [-0.15, -0.1) is 0 Å². The first-order valence-electron chi connectivity index (χ1n) is 8.43. The molecule has 0 spiro atoms. The molecule has 25 heavy (non-hydrogen) atoms. The SMILES string of the molecule is CCCCOc1ccc(S(=O)(=O)Nc2ccc(OC(C)C)cc2)cc1.